The maximum absolute atomic E-state index is 12.1. The molecule has 0 fully saturated rings. The van der Waals surface area contributed by atoms with Crippen LogP contribution in [-0.4, -0.2) is 23.6 Å². The lowest BCUT2D eigenvalue weighted by atomic mass is 10.2. The van der Waals surface area contributed by atoms with Crippen LogP contribution in [0.25, 0.3) is 0 Å². The second kappa shape index (κ2) is 9.25. The van der Waals surface area contributed by atoms with Crippen molar-refractivity contribution in [2.75, 3.05) is 11.9 Å². The fourth-order valence-corrected chi connectivity index (χ4v) is 2.72. The Morgan fingerprint density at radius 3 is 2.55 bits per heavy atom. The molecule has 0 aliphatic carbocycles. The van der Waals surface area contributed by atoms with Gasteiger partial charge in [-0.3, -0.25) is 4.79 Å². The summed E-state index contributed by atoms with van der Waals surface area (Å²) < 4.78 is 15.8. The van der Waals surface area contributed by atoms with Crippen LogP contribution in [0.4, 0.5) is 5.69 Å². The zero-order valence-electron chi connectivity index (χ0n) is 15.9. The third-order valence-electron chi connectivity index (χ3n) is 4.10. The van der Waals surface area contributed by atoms with Crippen molar-refractivity contribution >= 4 is 29.2 Å². The average Bonchev–Trinajstić information content (AvgIpc) is 3.02. The van der Waals surface area contributed by atoms with Gasteiger partial charge in [0, 0.05) is 10.7 Å². The number of hydrogen-bond donors (Lipinski definition) is 1. The molecule has 0 bridgehead atoms. The monoisotopic (exact) mass is 414 g/mol. The number of amides is 1. The van der Waals surface area contributed by atoms with Gasteiger partial charge in [-0.15, -0.1) is 0 Å². The summed E-state index contributed by atoms with van der Waals surface area (Å²) in [4.78, 5) is 24.0. The lowest BCUT2D eigenvalue weighted by Gasteiger charge is -2.08. The topological polar surface area (TPSA) is 90.7 Å². The van der Waals surface area contributed by atoms with Crippen molar-refractivity contribution in [1.82, 2.24) is 5.16 Å². The molecule has 1 heterocycles. The van der Waals surface area contributed by atoms with Gasteiger partial charge < -0.3 is 19.3 Å². The Bertz CT molecular complexity index is 995. The highest BCUT2D eigenvalue weighted by molar-refractivity contribution is 6.30. The lowest BCUT2D eigenvalue weighted by molar-refractivity contribution is -0.119. The molecule has 0 unspecified atom stereocenters. The van der Waals surface area contributed by atoms with Gasteiger partial charge in [-0.05, 0) is 56.3 Å². The molecule has 0 atom stereocenters. The van der Waals surface area contributed by atoms with Crippen LogP contribution in [0.2, 0.25) is 5.02 Å². The highest BCUT2D eigenvalue weighted by Gasteiger charge is 2.12. The van der Waals surface area contributed by atoms with E-state index in [-0.39, 0.29) is 0 Å². The van der Waals surface area contributed by atoms with Crippen LogP contribution in [0.1, 0.15) is 27.4 Å². The predicted octanol–water partition coefficient (Wildman–Crippen LogP) is 4.32. The summed E-state index contributed by atoms with van der Waals surface area (Å²) in [6, 6.07) is 13.1. The minimum atomic E-state index is -0.608. The zero-order chi connectivity index (χ0) is 20.8. The number of aromatic nitrogens is 1. The van der Waals surface area contributed by atoms with Crippen molar-refractivity contribution < 1.29 is 23.6 Å². The number of rotatable bonds is 7. The molecular weight excluding hydrogens is 396 g/mol. The fourth-order valence-electron chi connectivity index (χ4n) is 2.53. The molecule has 7 nitrogen and oxygen atoms in total. The molecule has 0 aliphatic heterocycles. The van der Waals surface area contributed by atoms with Crippen molar-refractivity contribution in [3.8, 4) is 5.75 Å². The average molecular weight is 415 g/mol. The van der Waals surface area contributed by atoms with Crippen molar-refractivity contribution in [3.63, 3.8) is 0 Å². The minimum absolute atomic E-state index is 0.310. The molecule has 3 rings (SSSR count). The van der Waals surface area contributed by atoms with E-state index in [0.29, 0.717) is 34.4 Å². The van der Waals surface area contributed by atoms with Gasteiger partial charge in [-0.2, -0.15) is 0 Å². The van der Waals surface area contributed by atoms with Gasteiger partial charge in [0.15, 0.2) is 6.61 Å². The number of anilines is 1. The van der Waals surface area contributed by atoms with E-state index < -0.39 is 18.5 Å². The summed E-state index contributed by atoms with van der Waals surface area (Å²) in [5.41, 5.74) is 2.50. The Balaban J connectivity index is 1.49. The van der Waals surface area contributed by atoms with Crippen LogP contribution >= 0.6 is 11.6 Å². The minimum Gasteiger partial charge on any atom is -0.489 e. The van der Waals surface area contributed by atoms with Crippen LogP contribution in [0.5, 0.6) is 5.75 Å². The van der Waals surface area contributed by atoms with E-state index in [0.717, 1.165) is 11.3 Å². The largest absolute Gasteiger partial charge is 0.489 e. The van der Waals surface area contributed by atoms with Crippen molar-refractivity contribution in [2.24, 2.45) is 0 Å². The van der Waals surface area contributed by atoms with Gasteiger partial charge in [0.2, 0.25) is 0 Å². The van der Waals surface area contributed by atoms with Crippen LogP contribution in [0.3, 0.4) is 0 Å². The molecule has 3 aromatic rings. The van der Waals surface area contributed by atoms with E-state index in [1.165, 1.54) is 0 Å². The number of esters is 1. The first-order valence-corrected chi connectivity index (χ1v) is 9.17. The number of ether oxygens (including phenoxy) is 2. The first kappa shape index (κ1) is 20.4. The van der Waals surface area contributed by atoms with Gasteiger partial charge in [-0.25, -0.2) is 4.79 Å². The van der Waals surface area contributed by atoms with Crippen LogP contribution < -0.4 is 10.1 Å². The van der Waals surface area contributed by atoms with Gasteiger partial charge in [0.05, 0.1) is 16.8 Å². The number of nitrogens with zero attached hydrogens (tertiary/aromatic N) is 1. The maximum atomic E-state index is 12.1. The number of halogens is 1. The number of aryl methyl sites for hydroxylation is 2. The lowest BCUT2D eigenvalue weighted by Crippen LogP contribution is -2.20. The molecule has 0 spiro atoms. The Morgan fingerprint density at radius 1 is 1.14 bits per heavy atom. The van der Waals surface area contributed by atoms with Crippen molar-refractivity contribution in [1.29, 1.82) is 0 Å². The number of benzene rings is 2. The van der Waals surface area contributed by atoms with Crippen molar-refractivity contribution in [2.45, 2.75) is 20.5 Å². The SMILES string of the molecule is Cc1noc(C)c1COc1ccc(C(=O)OCC(=O)Nc2cccc(Cl)c2)cc1. The summed E-state index contributed by atoms with van der Waals surface area (Å²) in [5.74, 6) is 0.225. The Morgan fingerprint density at radius 2 is 1.90 bits per heavy atom. The van der Waals surface area contributed by atoms with Crippen LogP contribution in [-0.2, 0) is 16.1 Å². The second-order valence-corrected chi connectivity index (χ2v) is 6.69. The molecular formula is C21H19ClN2O5. The fraction of sp³-hybridized carbons (Fsp3) is 0.190. The Hall–Kier alpha value is -3.32. The molecule has 150 valence electrons. The Kier molecular flexibility index (Phi) is 6.51. The molecule has 2 aromatic carbocycles. The second-order valence-electron chi connectivity index (χ2n) is 6.25. The molecule has 0 saturated heterocycles. The molecule has 0 radical (unpaired) electrons. The van der Waals surface area contributed by atoms with E-state index in [1.54, 1.807) is 48.5 Å². The third kappa shape index (κ3) is 5.58. The molecule has 1 N–H and O–H groups in total. The van der Waals surface area contributed by atoms with Gasteiger partial charge in [-0.1, -0.05) is 22.8 Å². The quantitative estimate of drug-likeness (QED) is 0.579. The molecule has 0 saturated carbocycles. The molecule has 29 heavy (non-hydrogen) atoms. The van der Waals surface area contributed by atoms with Gasteiger partial charge >= 0.3 is 5.97 Å². The molecule has 8 heteroatoms. The smallest absolute Gasteiger partial charge is 0.338 e. The first-order valence-electron chi connectivity index (χ1n) is 8.79. The van der Waals surface area contributed by atoms with E-state index in [4.69, 9.17) is 25.6 Å². The normalized spacial score (nSPS) is 10.4. The van der Waals surface area contributed by atoms with Gasteiger partial charge in [0.25, 0.3) is 5.91 Å². The molecule has 1 aromatic heterocycles. The standard InChI is InChI=1S/C21H19ClN2O5/c1-13-19(14(2)29-24-13)11-27-18-8-6-15(7-9-18)21(26)28-12-20(25)23-17-5-3-4-16(22)10-17/h3-10H,11-12H2,1-2H3,(H,23,25). The van der Waals surface area contributed by atoms with Crippen LogP contribution in [0.15, 0.2) is 53.1 Å². The van der Waals surface area contributed by atoms with Gasteiger partial charge in [0.1, 0.15) is 18.1 Å². The number of nitrogens with one attached hydrogen (secondary N) is 1. The summed E-state index contributed by atoms with van der Waals surface area (Å²) in [5, 5.41) is 6.98. The number of carbonyl (C=O) groups excluding carboxylic acids is 2. The van der Waals surface area contributed by atoms with Crippen molar-refractivity contribution in [3.05, 3.63) is 76.1 Å². The van der Waals surface area contributed by atoms with E-state index in [2.05, 4.69) is 10.5 Å². The molecule has 1 amide bonds. The summed E-state index contributed by atoms with van der Waals surface area (Å²) >= 11 is 5.86. The van der Waals surface area contributed by atoms with E-state index >= 15 is 0 Å². The first-order chi connectivity index (χ1) is 13.9. The number of hydrogen-bond acceptors (Lipinski definition) is 6. The maximum Gasteiger partial charge on any atom is 0.338 e. The summed E-state index contributed by atoms with van der Waals surface area (Å²) in [6.07, 6.45) is 0. The highest BCUT2D eigenvalue weighted by Crippen LogP contribution is 2.18. The van der Waals surface area contributed by atoms with E-state index in [9.17, 15) is 9.59 Å². The highest BCUT2D eigenvalue weighted by atomic mass is 35.5. The summed E-state index contributed by atoms with van der Waals surface area (Å²) in [6.45, 7) is 3.57. The van der Waals surface area contributed by atoms with E-state index in [1.807, 2.05) is 13.8 Å². The zero-order valence-corrected chi connectivity index (χ0v) is 16.7. The third-order valence-corrected chi connectivity index (χ3v) is 4.33. The predicted molar refractivity (Wildman–Crippen MR) is 107 cm³/mol. The number of carbonyl (C=O) groups is 2. The van der Waals surface area contributed by atoms with Crippen LogP contribution in [0, 0.1) is 13.8 Å². The Labute approximate surface area is 172 Å². The summed E-state index contributed by atoms with van der Waals surface area (Å²) in [7, 11) is 0. The molecule has 0 aliphatic rings.